The molecule has 1 aromatic rings. The molecule has 1 N–H and O–H groups in total. The van der Waals surface area contributed by atoms with Crippen molar-refractivity contribution in [1.82, 2.24) is 10.2 Å². The summed E-state index contributed by atoms with van der Waals surface area (Å²) in [6.07, 6.45) is 3.88. The van der Waals surface area contributed by atoms with Gasteiger partial charge in [0.15, 0.2) is 0 Å². The highest BCUT2D eigenvalue weighted by Gasteiger charge is 2.31. The third kappa shape index (κ3) is 3.53. The van der Waals surface area contributed by atoms with Crippen LogP contribution in [0.1, 0.15) is 31.7 Å². The zero-order chi connectivity index (χ0) is 14.7. The smallest absolute Gasteiger partial charge is 0.0427 e. The molecule has 1 unspecified atom stereocenters. The van der Waals surface area contributed by atoms with Crippen molar-refractivity contribution in [3.63, 3.8) is 0 Å². The summed E-state index contributed by atoms with van der Waals surface area (Å²) in [5.74, 6) is 0. The summed E-state index contributed by atoms with van der Waals surface area (Å²) in [4.78, 5) is 5.19. The first-order valence-electron chi connectivity index (χ1n) is 8.26. The van der Waals surface area contributed by atoms with Gasteiger partial charge in [0, 0.05) is 42.9 Å². The summed E-state index contributed by atoms with van der Waals surface area (Å²) >= 11 is 6.25. The molecule has 3 nitrogen and oxygen atoms in total. The van der Waals surface area contributed by atoms with Crippen LogP contribution in [0.2, 0.25) is 5.02 Å². The van der Waals surface area contributed by atoms with E-state index >= 15 is 0 Å². The minimum absolute atomic E-state index is 0.745. The number of nitrogens with zero attached hydrogens (tertiary/aromatic N) is 2. The average molecular weight is 308 g/mol. The van der Waals surface area contributed by atoms with Crippen LogP contribution in [0.4, 0.5) is 5.69 Å². The third-order valence-electron chi connectivity index (χ3n) is 4.72. The lowest BCUT2D eigenvalue weighted by Crippen LogP contribution is -2.50. The van der Waals surface area contributed by atoms with Gasteiger partial charge < -0.3 is 10.2 Å². The minimum Gasteiger partial charge on any atom is -0.368 e. The Balaban J connectivity index is 1.74. The Morgan fingerprint density at radius 1 is 1.29 bits per heavy atom. The van der Waals surface area contributed by atoms with Gasteiger partial charge in [0.2, 0.25) is 0 Å². The zero-order valence-electron chi connectivity index (χ0n) is 12.9. The molecule has 0 spiro atoms. The van der Waals surface area contributed by atoms with Crippen LogP contribution in [-0.4, -0.2) is 43.7 Å². The van der Waals surface area contributed by atoms with Gasteiger partial charge in [0.1, 0.15) is 0 Å². The van der Waals surface area contributed by atoms with E-state index in [-0.39, 0.29) is 0 Å². The first-order valence-corrected chi connectivity index (χ1v) is 8.64. The second-order valence-corrected chi connectivity index (χ2v) is 6.66. The van der Waals surface area contributed by atoms with Crippen LogP contribution in [0.15, 0.2) is 18.2 Å². The predicted octanol–water partition coefficient (Wildman–Crippen LogP) is 3.12. The third-order valence-corrected chi connectivity index (χ3v) is 4.95. The van der Waals surface area contributed by atoms with Gasteiger partial charge in [0.05, 0.1) is 0 Å². The van der Waals surface area contributed by atoms with Crippen LogP contribution in [0.3, 0.4) is 0 Å². The Bertz CT molecular complexity index is 477. The van der Waals surface area contributed by atoms with Crippen molar-refractivity contribution in [3.8, 4) is 0 Å². The summed E-state index contributed by atoms with van der Waals surface area (Å²) in [6.45, 7) is 8.97. The molecule has 0 amide bonds. The van der Waals surface area contributed by atoms with Gasteiger partial charge in [-0.2, -0.15) is 0 Å². The molecular weight excluding hydrogens is 282 g/mol. The predicted molar refractivity (Wildman–Crippen MR) is 90.3 cm³/mol. The van der Waals surface area contributed by atoms with E-state index in [9.17, 15) is 0 Å². The normalized spacial score (nSPS) is 22.6. The lowest BCUT2D eigenvalue weighted by Gasteiger charge is -2.39. The Hall–Kier alpha value is -0.770. The topological polar surface area (TPSA) is 18.5 Å². The molecule has 116 valence electrons. The van der Waals surface area contributed by atoms with Crippen molar-refractivity contribution < 1.29 is 0 Å². The molecule has 1 aromatic carbocycles. The number of fused-ring (bicyclic) bond motifs is 1. The van der Waals surface area contributed by atoms with Crippen LogP contribution >= 0.6 is 11.6 Å². The Labute approximate surface area is 133 Å². The SMILES string of the molecule is CCCNCc1ccc(Cl)cc1N1CCN2CCCC2C1. The summed E-state index contributed by atoms with van der Waals surface area (Å²) in [5.41, 5.74) is 2.71. The molecule has 0 radical (unpaired) electrons. The van der Waals surface area contributed by atoms with Gasteiger partial charge in [-0.3, -0.25) is 4.90 Å². The number of piperazine rings is 1. The molecule has 0 saturated carbocycles. The van der Waals surface area contributed by atoms with Crippen molar-refractivity contribution in [2.75, 3.05) is 37.6 Å². The molecular formula is C17H26ClN3. The van der Waals surface area contributed by atoms with Gasteiger partial charge in [-0.1, -0.05) is 24.6 Å². The van der Waals surface area contributed by atoms with E-state index in [2.05, 4.69) is 34.2 Å². The quantitative estimate of drug-likeness (QED) is 0.843. The van der Waals surface area contributed by atoms with Gasteiger partial charge in [0.25, 0.3) is 0 Å². The first-order chi connectivity index (χ1) is 10.3. The van der Waals surface area contributed by atoms with Crippen molar-refractivity contribution in [2.24, 2.45) is 0 Å². The fourth-order valence-corrected chi connectivity index (χ4v) is 3.76. The van der Waals surface area contributed by atoms with Crippen molar-refractivity contribution in [3.05, 3.63) is 28.8 Å². The molecule has 2 aliphatic rings. The molecule has 21 heavy (non-hydrogen) atoms. The fourth-order valence-electron chi connectivity index (χ4n) is 3.59. The lowest BCUT2D eigenvalue weighted by molar-refractivity contribution is 0.231. The summed E-state index contributed by atoms with van der Waals surface area (Å²) in [5, 5.41) is 4.36. The first kappa shape index (κ1) is 15.1. The van der Waals surface area contributed by atoms with E-state index in [1.807, 2.05) is 6.07 Å². The van der Waals surface area contributed by atoms with Crippen molar-refractivity contribution in [1.29, 1.82) is 0 Å². The number of hydrogen-bond acceptors (Lipinski definition) is 3. The highest BCUT2D eigenvalue weighted by molar-refractivity contribution is 6.30. The van der Waals surface area contributed by atoms with Crippen molar-refractivity contribution >= 4 is 17.3 Å². The van der Waals surface area contributed by atoms with E-state index < -0.39 is 0 Å². The monoisotopic (exact) mass is 307 g/mol. The molecule has 2 aliphatic heterocycles. The average Bonchev–Trinajstić information content (AvgIpc) is 2.96. The number of nitrogens with one attached hydrogen (secondary N) is 1. The van der Waals surface area contributed by atoms with Crippen LogP contribution in [-0.2, 0) is 6.54 Å². The molecule has 0 aliphatic carbocycles. The summed E-state index contributed by atoms with van der Waals surface area (Å²) in [7, 11) is 0. The summed E-state index contributed by atoms with van der Waals surface area (Å²) < 4.78 is 0. The maximum absolute atomic E-state index is 6.25. The Kier molecular flexibility index (Phi) is 5.04. The Morgan fingerprint density at radius 2 is 2.19 bits per heavy atom. The number of halogens is 1. The highest BCUT2D eigenvalue weighted by Crippen LogP contribution is 2.29. The number of rotatable bonds is 5. The maximum Gasteiger partial charge on any atom is 0.0427 e. The molecule has 0 bridgehead atoms. The lowest BCUT2D eigenvalue weighted by atomic mass is 10.1. The van der Waals surface area contributed by atoms with E-state index in [4.69, 9.17) is 11.6 Å². The van der Waals surface area contributed by atoms with E-state index in [0.29, 0.717) is 0 Å². The zero-order valence-corrected chi connectivity index (χ0v) is 13.7. The Morgan fingerprint density at radius 3 is 3.05 bits per heavy atom. The molecule has 0 aromatic heterocycles. The molecule has 2 saturated heterocycles. The number of hydrogen-bond donors (Lipinski definition) is 1. The van der Waals surface area contributed by atoms with Gasteiger partial charge in [-0.25, -0.2) is 0 Å². The van der Waals surface area contributed by atoms with Crippen molar-refractivity contribution in [2.45, 2.75) is 38.8 Å². The highest BCUT2D eigenvalue weighted by atomic mass is 35.5. The maximum atomic E-state index is 6.25. The fraction of sp³-hybridized carbons (Fsp3) is 0.647. The standard InChI is InChI=1S/C17H26ClN3/c1-2-7-19-12-14-5-6-15(18)11-17(14)21-10-9-20-8-3-4-16(20)13-21/h5-6,11,16,19H,2-4,7-10,12-13H2,1H3. The van der Waals surface area contributed by atoms with Crippen LogP contribution in [0.5, 0.6) is 0 Å². The summed E-state index contributed by atoms with van der Waals surface area (Å²) in [6, 6.07) is 7.09. The van der Waals surface area contributed by atoms with Gasteiger partial charge in [-0.15, -0.1) is 0 Å². The number of benzene rings is 1. The van der Waals surface area contributed by atoms with Crippen LogP contribution in [0, 0.1) is 0 Å². The second kappa shape index (κ2) is 6.99. The molecule has 1 atom stereocenters. The minimum atomic E-state index is 0.745. The second-order valence-electron chi connectivity index (χ2n) is 6.23. The van der Waals surface area contributed by atoms with Crippen LogP contribution in [0.25, 0.3) is 0 Å². The molecule has 3 rings (SSSR count). The molecule has 2 fully saturated rings. The molecule has 4 heteroatoms. The van der Waals surface area contributed by atoms with Crippen LogP contribution < -0.4 is 10.2 Å². The molecule has 2 heterocycles. The van der Waals surface area contributed by atoms with E-state index in [1.54, 1.807) is 0 Å². The number of anilines is 1. The van der Waals surface area contributed by atoms with Gasteiger partial charge >= 0.3 is 0 Å². The van der Waals surface area contributed by atoms with E-state index in [1.165, 1.54) is 43.6 Å². The van der Waals surface area contributed by atoms with Gasteiger partial charge in [-0.05, 0) is 50.0 Å². The largest absolute Gasteiger partial charge is 0.368 e. The van der Waals surface area contributed by atoms with E-state index in [0.717, 1.165) is 37.2 Å².